The van der Waals surface area contributed by atoms with Gasteiger partial charge in [-0.05, 0) is 107 Å². The van der Waals surface area contributed by atoms with Crippen molar-refractivity contribution in [3.8, 4) is 0 Å². The standard InChI is InChI=1S/C53H83NO14/c1-32-16-12-11-13-17-33(2)44(63-8)30-40-21-19-38(7)53(62,68-40)50(59)51(60)54-23-15-14-18-41(54)52(61)67-45(35(4)28-39-20-22-43(66-25-24-55)46(29-39)64-9)31-42(56)34(3)27-37(6)48(58)49(65-10)47(57)36(5)26-32/h11-13,16-17,27,32,34-36,38-41,43-46,48-49,55,58,62H,14-15,18-26,28-31H2,1-10H3/b13-11+,16-12+,33-17+,37-27+/t32-,34-,35-,36-,38-,39+,40+,41+,43-,44+,45+,46-,48-,49+,53-/m1/s1/i24D2,25D2. The highest BCUT2D eigenvalue weighted by Gasteiger charge is 2.53. The van der Waals surface area contributed by atoms with Crippen LogP contribution in [-0.4, -0.2) is 145 Å². The van der Waals surface area contributed by atoms with Crippen LogP contribution in [0.3, 0.4) is 0 Å². The summed E-state index contributed by atoms with van der Waals surface area (Å²) in [6.45, 7) is 6.12. The summed E-state index contributed by atoms with van der Waals surface area (Å²) < 4.78 is 65.9. The van der Waals surface area contributed by atoms with Crippen molar-refractivity contribution in [2.75, 3.05) is 41.0 Å². The molecule has 1 saturated carbocycles. The SMILES string of the molecule is [2H]C([2H])(O)C([2H])([2H])O[C@@H]1CC[C@@H](C[C@@H](C)[C@@H]2CC(=O)[C@H](C)/C=C(\C)[C@@H](O)[C@@H](OC)C(=O)[C@H](C)C[C@H](C)/C=C/C=C/C=C(\C)[C@@H](OC)C[C@@H]3CC[C@@H](C)[C@@](O)(O3)C(=O)C(=O)N3CCCC[C@H]3C(=O)O2)C[C@H]1OC. The van der Waals surface area contributed by atoms with Crippen LogP contribution in [0.25, 0.3) is 0 Å². The summed E-state index contributed by atoms with van der Waals surface area (Å²) in [6.07, 6.45) is 8.68. The fourth-order valence-corrected chi connectivity index (χ4v) is 10.3. The smallest absolute Gasteiger partial charge is 0.329 e. The Morgan fingerprint density at radius 3 is 2.29 bits per heavy atom. The number of nitrogens with zero attached hydrogens (tertiary/aromatic N) is 1. The number of ether oxygens (including phenoxy) is 6. The van der Waals surface area contributed by atoms with Crippen LogP contribution in [0.1, 0.15) is 131 Å². The van der Waals surface area contributed by atoms with Crippen molar-refractivity contribution >= 4 is 29.2 Å². The molecule has 1 aliphatic carbocycles. The molecule has 15 heteroatoms. The number of aliphatic hydroxyl groups is 3. The number of piperidine rings is 1. The third-order valence-electron chi connectivity index (χ3n) is 14.7. The Bertz CT molecular complexity index is 1990. The number of amides is 1. The summed E-state index contributed by atoms with van der Waals surface area (Å²) in [7, 11) is 4.33. The summed E-state index contributed by atoms with van der Waals surface area (Å²) in [6, 6.07) is -1.22. The molecule has 3 heterocycles. The van der Waals surface area contributed by atoms with Gasteiger partial charge in [-0.2, -0.15) is 0 Å². The van der Waals surface area contributed by atoms with E-state index in [9.17, 15) is 39.3 Å². The Morgan fingerprint density at radius 2 is 1.62 bits per heavy atom. The van der Waals surface area contributed by atoms with Crippen molar-refractivity contribution < 1.29 is 73.2 Å². The second-order valence-electron chi connectivity index (χ2n) is 19.9. The third kappa shape index (κ3) is 15.3. The normalized spacial score (nSPS) is 40.5. The number of fused-ring (bicyclic) bond motifs is 3. The third-order valence-corrected chi connectivity index (χ3v) is 14.7. The molecule has 0 aromatic rings. The van der Waals surface area contributed by atoms with Gasteiger partial charge in [0.2, 0.25) is 5.79 Å². The summed E-state index contributed by atoms with van der Waals surface area (Å²) in [4.78, 5) is 72.3. The molecular weight excluding hydrogens is 875 g/mol. The van der Waals surface area contributed by atoms with Gasteiger partial charge in [0.05, 0.1) is 43.0 Å². The number of rotatable bonds is 9. The molecule has 0 aromatic carbocycles. The van der Waals surface area contributed by atoms with E-state index in [4.69, 9.17) is 33.9 Å². The quantitative estimate of drug-likeness (QED) is 0.134. The molecule has 4 rings (SSSR count). The molecule has 0 radical (unpaired) electrons. The number of carbonyl (C=O) groups excluding carboxylic acids is 5. The fraction of sp³-hybridized carbons (Fsp3) is 0.755. The van der Waals surface area contributed by atoms with Gasteiger partial charge in [-0.15, -0.1) is 0 Å². The number of allylic oxidation sites excluding steroid dienone is 6. The van der Waals surface area contributed by atoms with Gasteiger partial charge in [0.25, 0.3) is 11.7 Å². The number of methoxy groups -OCH3 is 3. The minimum Gasteiger partial charge on any atom is -0.460 e. The van der Waals surface area contributed by atoms with E-state index in [1.54, 1.807) is 40.9 Å². The molecule has 0 unspecified atom stereocenters. The second-order valence-corrected chi connectivity index (χ2v) is 19.9. The molecule has 1 amide bonds. The first-order valence-corrected chi connectivity index (χ1v) is 24.6. The molecule has 2 bridgehead atoms. The van der Waals surface area contributed by atoms with Gasteiger partial charge in [-0.3, -0.25) is 19.2 Å². The topological polar surface area (TPSA) is 205 Å². The molecule has 3 N–H and O–H groups in total. The average molecular weight is 962 g/mol. The number of cyclic esters (lactones) is 1. The van der Waals surface area contributed by atoms with Gasteiger partial charge in [0.15, 0.2) is 5.78 Å². The lowest BCUT2D eigenvalue weighted by Crippen LogP contribution is -2.61. The maximum absolute atomic E-state index is 14.5. The molecule has 0 aromatic heterocycles. The van der Waals surface area contributed by atoms with E-state index in [2.05, 4.69) is 0 Å². The minimum absolute atomic E-state index is 0.0148. The van der Waals surface area contributed by atoms with E-state index in [1.807, 2.05) is 51.2 Å². The molecule has 384 valence electrons. The molecule has 15 nitrogen and oxygen atoms in total. The highest BCUT2D eigenvalue weighted by molar-refractivity contribution is 6.39. The molecular formula is C53H83NO14. The second kappa shape index (κ2) is 27.3. The molecule has 2 saturated heterocycles. The Morgan fingerprint density at radius 1 is 0.882 bits per heavy atom. The van der Waals surface area contributed by atoms with E-state index in [0.29, 0.717) is 56.9 Å². The number of aliphatic hydroxyl groups excluding tert-OH is 1. The molecule has 4 aliphatic rings. The first-order valence-electron chi connectivity index (χ1n) is 26.6. The van der Waals surface area contributed by atoms with Crippen LogP contribution in [-0.2, 0) is 52.4 Å². The minimum atomic E-state index is -3.27. The molecule has 3 aliphatic heterocycles. The summed E-state index contributed by atoms with van der Waals surface area (Å²) >= 11 is 0. The highest BCUT2D eigenvalue weighted by atomic mass is 16.6. The Kier molecular flexibility index (Phi) is 20.4. The maximum Gasteiger partial charge on any atom is 0.329 e. The summed E-state index contributed by atoms with van der Waals surface area (Å²) in [5, 5.41) is 33.3. The maximum atomic E-state index is 14.5. The molecule has 0 spiro atoms. The van der Waals surface area contributed by atoms with E-state index < -0.39 is 109 Å². The predicted molar refractivity (Wildman–Crippen MR) is 256 cm³/mol. The van der Waals surface area contributed by atoms with E-state index in [-0.39, 0.29) is 55.6 Å². The van der Waals surface area contributed by atoms with Gasteiger partial charge in [-0.1, -0.05) is 71.1 Å². The van der Waals surface area contributed by atoms with Gasteiger partial charge in [-0.25, -0.2) is 4.79 Å². The number of esters is 1. The van der Waals surface area contributed by atoms with E-state index in [0.717, 1.165) is 10.5 Å². The van der Waals surface area contributed by atoms with Crippen LogP contribution in [0, 0.1) is 35.5 Å². The number of carbonyl (C=O) groups is 5. The van der Waals surface area contributed by atoms with Crippen LogP contribution < -0.4 is 0 Å². The van der Waals surface area contributed by atoms with Gasteiger partial charge in [0.1, 0.15) is 30.1 Å². The number of ketones is 3. The zero-order valence-electron chi connectivity index (χ0n) is 46.0. The molecule has 3 fully saturated rings. The Labute approximate surface area is 410 Å². The van der Waals surface area contributed by atoms with Crippen molar-refractivity contribution in [3.05, 3.63) is 47.6 Å². The van der Waals surface area contributed by atoms with Crippen molar-refractivity contribution in [3.63, 3.8) is 0 Å². The first-order chi connectivity index (χ1) is 33.7. The molecule has 15 atom stereocenters. The van der Waals surface area contributed by atoms with Crippen LogP contribution in [0.5, 0.6) is 0 Å². The van der Waals surface area contributed by atoms with Gasteiger partial charge >= 0.3 is 5.97 Å². The lowest BCUT2D eigenvalue weighted by Gasteiger charge is -2.42. The zero-order chi connectivity index (χ0) is 53.9. The van der Waals surface area contributed by atoms with E-state index in [1.165, 1.54) is 14.2 Å². The Balaban J connectivity index is 1.70. The largest absolute Gasteiger partial charge is 0.460 e. The average Bonchev–Trinajstić information content (AvgIpc) is 3.32. The van der Waals surface area contributed by atoms with Crippen molar-refractivity contribution in [1.82, 2.24) is 4.90 Å². The van der Waals surface area contributed by atoms with Gasteiger partial charge < -0.3 is 48.6 Å². The lowest BCUT2D eigenvalue weighted by molar-refractivity contribution is -0.265. The molecule has 68 heavy (non-hydrogen) atoms. The van der Waals surface area contributed by atoms with Crippen LogP contribution >= 0.6 is 0 Å². The van der Waals surface area contributed by atoms with Crippen molar-refractivity contribution in [2.45, 2.75) is 180 Å². The lowest BCUT2D eigenvalue weighted by atomic mass is 9.78. The van der Waals surface area contributed by atoms with Gasteiger partial charge in [0, 0.05) is 58.5 Å². The summed E-state index contributed by atoms with van der Waals surface area (Å²) in [5.41, 5.74) is 1.19. The first kappa shape index (κ1) is 51.0. The highest BCUT2D eigenvalue weighted by Crippen LogP contribution is 2.38. The van der Waals surface area contributed by atoms with Crippen molar-refractivity contribution in [1.29, 1.82) is 0 Å². The van der Waals surface area contributed by atoms with Crippen molar-refractivity contribution in [2.24, 2.45) is 35.5 Å². The summed E-state index contributed by atoms with van der Waals surface area (Å²) in [5.74, 6) is -8.91. The Hall–Kier alpha value is -3.41. The van der Waals surface area contributed by atoms with Crippen LogP contribution in [0.15, 0.2) is 47.6 Å². The predicted octanol–water partition coefficient (Wildman–Crippen LogP) is 6.20. The zero-order valence-corrected chi connectivity index (χ0v) is 42.0. The fourth-order valence-electron chi connectivity index (χ4n) is 10.3. The number of hydrogen-bond donors (Lipinski definition) is 3. The monoisotopic (exact) mass is 962 g/mol. The number of Topliss-reactive ketones (excluding diaryl/α,β-unsaturated/α-hetero) is 3. The number of hydrogen-bond acceptors (Lipinski definition) is 14. The van der Waals surface area contributed by atoms with E-state index >= 15 is 0 Å². The van der Waals surface area contributed by atoms with Crippen LogP contribution in [0.2, 0.25) is 0 Å². The van der Waals surface area contributed by atoms with Crippen LogP contribution in [0.4, 0.5) is 0 Å².